The van der Waals surface area contributed by atoms with Gasteiger partial charge in [0, 0.05) is 16.0 Å². The zero-order valence-corrected chi connectivity index (χ0v) is 11.4. The average Bonchev–Trinajstić information content (AvgIpc) is 2.48. The predicted octanol–water partition coefficient (Wildman–Crippen LogP) is 3.92. The Balaban J connectivity index is 2.18. The second kappa shape index (κ2) is 6.36. The van der Waals surface area contributed by atoms with E-state index in [1.54, 1.807) is 23.9 Å². The molecule has 1 nitrogen and oxygen atoms in total. The van der Waals surface area contributed by atoms with Gasteiger partial charge < -0.3 is 0 Å². The van der Waals surface area contributed by atoms with Crippen LogP contribution in [0.1, 0.15) is 15.9 Å². The molecule has 100 valence electrons. The molecular weight excluding hydrogens is 278 g/mol. The third-order valence-corrected chi connectivity index (χ3v) is 3.34. The lowest BCUT2D eigenvalue weighted by Gasteiger charge is -1.96. The summed E-state index contributed by atoms with van der Waals surface area (Å²) in [6, 6.07) is 10.4. The molecule has 0 aromatic heterocycles. The lowest BCUT2D eigenvalue weighted by molar-refractivity contribution is 0.105. The molecule has 0 N–H and O–H groups in total. The standard InChI is InChI=1S/C16H10F2OS/c1-20-13-6-2-11(3-7-13)4-9-16(19)12-5-8-14(17)15(18)10-12/h2-3,5-8,10H,1H3. The Hall–Kier alpha value is -2.12. The van der Waals surface area contributed by atoms with Gasteiger partial charge in [-0.25, -0.2) is 8.78 Å². The smallest absolute Gasteiger partial charge is 0.236 e. The van der Waals surface area contributed by atoms with Crippen LogP contribution in [0.3, 0.4) is 0 Å². The van der Waals surface area contributed by atoms with Crippen LogP contribution in [0.4, 0.5) is 8.78 Å². The van der Waals surface area contributed by atoms with Gasteiger partial charge in [-0.05, 0) is 54.6 Å². The zero-order chi connectivity index (χ0) is 14.5. The lowest BCUT2D eigenvalue weighted by Crippen LogP contribution is -1.97. The average molecular weight is 288 g/mol. The molecule has 20 heavy (non-hydrogen) atoms. The Morgan fingerprint density at radius 3 is 2.35 bits per heavy atom. The van der Waals surface area contributed by atoms with Crippen molar-refractivity contribution in [2.75, 3.05) is 6.26 Å². The normalized spacial score (nSPS) is 9.75. The van der Waals surface area contributed by atoms with E-state index in [1.165, 1.54) is 6.07 Å². The lowest BCUT2D eigenvalue weighted by atomic mass is 10.1. The van der Waals surface area contributed by atoms with Gasteiger partial charge in [-0.2, -0.15) is 0 Å². The quantitative estimate of drug-likeness (QED) is 0.473. The molecule has 0 saturated carbocycles. The van der Waals surface area contributed by atoms with Crippen molar-refractivity contribution < 1.29 is 13.6 Å². The third-order valence-electron chi connectivity index (χ3n) is 2.59. The number of ketones is 1. The SMILES string of the molecule is CSc1ccc(C#CC(=O)c2ccc(F)c(F)c2)cc1. The van der Waals surface area contributed by atoms with Crippen molar-refractivity contribution in [2.24, 2.45) is 0 Å². The summed E-state index contributed by atoms with van der Waals surface area (Å²) in [4.78, 5) is 12.8. The Morgan fingerprint density at radius 2 is 1.75 bits per heavy atom. The topological polar surface area (TPSA) is 17.1 Å². The molecule has 4 heteroatoms. The minimum Gasteiger partial charge on any atom is -0.279 e. The summed E-state index contributed by atoms with van der Waals surface area (Å²) in [6.45, 7) is 0. The molecule has 0 aliphatic rings. The number of carbonyl (C=O) groups excluding carboxylic acids is 1. The van der Waals surface area contributed by atoms with Crippen LogP contribution in [0.15, 0.2) is 47.4 Å². The molecule has 0 saturated heterocycles. The molecule has 2 aromatic rings. The summed E-state index contributed by atoms with van der Waals surface area (Å²) in [7, 11) is 0. The van der Waals surface area contributed by atoms with E-state index in [-0.39, 0.29) is 5.56 Å². The Morgan fingerprint density at radius 1 is 1.05 bits per heavy atom. The van der Waals surface area contributed by atoms with E-state index in [4.69, 9.17) is 0 Å². The Kier molecular flexibility index (Phi) is 4.54. The summed E-state index contributed by atoms with van der Waals surface area (Å²) in [6.07, 6.45) is 1.97. The van der Waals surface area contributed by atoms with E-state index in [2.05, 4.69) is 11.8 Å². The van der Waals surface area contributed by atoms with Crippen molar-refractivity contribution in [1.82, 2.24) is 0 Å². The van der Waals surface area contributed by atoms with Crippen molar-refractivity contribution in [3.63, 3.8) is 0 Å². The van der Waals surface area contributed by atoms with Crippen molar-refractivity contribution in [3.05, 3.63) is 65.2 Å². The molecule has 0 spiro atoms. The van der Waals surface area contributed by atoms with Crippen molar-refractivity contribution >= 4 is 17.5 Å². The molecule has 0 aliphatic heterocycles. The Bertz CT molecular complexity index is 697. The minimum absolute atomic E-state index is 0.0390. The molecule has 0 bridgehead atoms. The fraction of sp³-hybridized carbons (Fsp3) is 0.0625. The van der Waals surface area contributed by atoms with E-state index in [0.29, 0.717) is 5.56 Å². The number of benzene rings is 2. The summed E-state index contributed by atoms with van der Waals surface area (Å²) in [5.74, 6) is 2.54. The van der Waals surface area contributed by atoms with Crippen molar-refractivity contribution in [2.45, 2.75) is 4.90 Å². The highest BCUT2D eigenvalue weighted by Gasteiger charge is 2.07. The van der Waals surface area contributed by atoms with Crippen molar-refractivity contribution in [1.29, 1.82) is 0 Å². The van der Waals surface area contributed by atoms with Crippen LogP contribution in [0.5, 0.6) is 0 Å². The number of rotatable bonds is 2. The third kappa shape index (κ3) is 3.46. The van der Waals surface area contributed by atoms with Gasteiger partial charge in [0.25, 0.3) is 0 Å². The second-order valence-electron chi connectivity index (χ2n) is 3.94. The fourth-order valence-corrected chi connectivity index (χ4v) is 1.92. The monoisotopic (exact) mass is 288 g/mol. The van der Waals surface area contributed by atoms with E-state index in [0.717, 1.165) is 17.0 Å². The molecule has 0 fully saturated rings. The number of hydrogen-bond donors (Lipinski definition) is 0. The van der Waals surface area contributed by atoms with E-state index < -0.39 is 17.4 Å². The largest absolute Gasteiger partial charge is 0.279 e. The van der Waals surface area contributed by atoms with Crippen LogP contribution in [0, 0.1) is 23.5 Å². The van der Waals surface area contributed by atoms with Gasteiger partial charge in [0.15, 0.2) is 11.6 Å². The van der Waals surface area contributed by atoms with Crippen LogP contribution in [-0.4, -0.2) is 12.0 Å². The first-order valence-electron chi connectivity index (χ1n) is 5.75. The molecular formula is C16H10F2OS. The summed E-state index contributed by atoms with van der Waals surface area (Å²) in [5, 5.41) is 0. The molecule has 0 amide bonds. The summed E-state index contributed by atoms with van der Waals surface area (Å²) < 4.78 is 25.8. The second-order valence-corrected chi connectivity index (χ2v) is 4.82. The van der Waals surface area contributed by atoms with E-state index in [9.17, 15) is 13.6 Å². The maximum atomic E-state index is 13.0. The van der Waals surface area contributed by atoms with Gasteiger partial charge >= 0.3 is 0 Å². The van der Waals surface area contributed by atoms with E-state index >= 15 is 0 Å². The van der Waals surface area contributed by atoms with Gasteiger partial charge in [0.05, 0.1) is 0 Å². The van der Waals surface area contributed by atoms with Crippen LogP contribution in [0.25, 0.3) is 0 Å². The highest BCUT2D eigenvalue weighted by atomic mass is 32.2. The van der Waals surface area contributed by atoms with Gasteiger partial charge in [0.2, 0.25) is 5.78 Å². The highest BCUT2D eigenvalue weighted by molar-refractivity contribution is 7.98. The van der Waals surface area contributed by atoms with Crippen LogP contribution >= 0.6 is 11.8 Å². The van der Waals surface area contributed by atoms with Crippen LogP contribution in [-0.2, 0) is 0 Å². The summed E-state index contributed by atoms with van der Waals surface area (Å²) in [5.41, 5.74) is 0.732. The Labute approximate surface area is 120 Å². The molecule has 0 atom stereocenters. The predicted molar refractivity (Wildman–Crippen MR) is 75.8 cm³/mol. The van der Waals surface area contributed by atoms with Gasteiger partial charge in [-0.1, -0.05) is 5.92 Å². The van der Waals surface area contributed by atoms with Gasteiger partial charge in [-0.15, -0.1) is 11.8 Å². The van der Waals surface area contributed by atoms with E-state index in [1.807, 2.05) is 18.4 Å². The fourth-order valence-electron chi connectivity index (χ4n) is 1.51. The molecule has 0 unspecified atom stereocenters. The first-order chi connectivity index (χ1) is 9.60. The van der Waals surface area contributed by atoms with Crippen LogP contribution in [0.2, 0.25) is 0 Å². The number of hydrogen-bond acceptors (Lipinski definition) is 2. The van der Waals surface area contributed by atoms with Crippen molar-refractivity contribution in [3.8, 4) is 11.8 Å². The number of carbonyl (C=O) groups is 1. The summed E-state index contributed by atoms with van der Waals surface area (Å²) >= 11 is 1.61. The number of Topliss-reactive ketones (excluding diaryl/α,β-unsaturated/α-hetero) is 1. The van der Waals surface area contributed by atoms with Gasteiger partial charge in [-0.3, -0.25) is 4.79 Å². The minimum atomic E-state index is -1.05. The van der Waals surface area contributed by atoms with Gasteiger partial charge in [0.1, 0.15) is 0 Å². The molecule has 2 rings (SSSR count). The molecule has 0 heterocycles. The first kappa shape index (κ1) is 14.3. The number of halogens is 2. The van der Waals surface area contributed by atoms with Crippen LogP contribution < -0.4 is 0 Å². The maximum Gasteiger partial charge on any atom is 0.236 e. The highest BCUT2D eigenvalue weighted by Crippen LogP contribution is 2.14. The maximum absolute atomic E-state index is 13.0. The molecule has 0 aliphatic carbocycles. The first-order valence-corrected chi connectivity index (χ1v) is 6.98. The molecule has 2 aromatic carbocycles. The zero-order valence-electron chi connectivity index (χ0n) is 10.6. The molecule has 0 radical (unpaired) electrons. The number of thioether (sulfide) groups is 1.